The molecule has 0 amide bonds. The van der Waals surface area contributed by atoms with Crippen molar-refractivity contribution in [3.05, 3.63) is 0 Å². The van der Waals surface area contributed by atoms with Gasteiger partial charge in [-0.25, -0.2) is 0 Å². The van der Waals surface area contributed by atoms with Crippen LogP contribution in [0, 0.1) is 17.8 Å². The Bertz CT molecular complexity index is 200. The lowest BCUT2D eigenvalue weighted by Crippen LogP contribution is -2.24. The van der Waals surface area contributed by atoms with Crippen LogP contribution in [-0.2, 0) is 9.53 Å². The van der Waals surface area contributed by atoms with Crippen molar-refractivity contribution in [2.24, 2.45) is 17.8 Å². The van der Waals surface area contributed by atoms with Crippen LogP contribution in [0.3, 0.4) is 0 Å². The second-order valence-electron chi connectivity index (χ2n) is 4.70. The Morgan fingerprint density at radius 2 is 1.57 bits per heavy atom. The van der Waals surface area contributed by atoms with Crippen LogP contribution in [0.2, 0.25) is 0 Å². The van der Waals surface area contributed by atoms with Gasteiger partial charge < -0.3 is 4.74 Å². The molecule has 2 saturated carbocycles. The van der Waals surface area contributed by atoms with E-state index in [9.17, 15) is 4.79 Å². The minimum atomic E-state index is 0.0433. The third-order valence-corrected chi connectivity index (χ3v) is 3.68. The number of hydrogen-bond donors (Lipinski definition) is 0. The molecular weight excluding hydrogens is 176 g/mol. The Hall–Kier alpha value is -0.530. The zero-order chi connectivity index (χ0) is 9.97. The highest BCUT2D eigenvalue weighted by Gasteiger charge is 2.35. The van der Waals surface area contributed by atoms with Gasteiger partial charge in [-0.05, 0) is 57.3 Å². The van der Waals surface area contributed by atoms with E-state index in [4.69, 9.17) is 4.74 Å². The highest BCUT2D eigenvalue weighted by molar-refractivity contribution is 5.72. The molecule has 2 nitrogen and oxygen atoms in total. The molecule has 0 radical (unpaired) electrons. The van der Waals surface area contributed by atoms with E-state index in [1.807, 2.05) is 6.92 Å². The summed E-state index contributed by atoms with van der Waals surface area (Å²) >= 11 is 0. The van der Waals surface area contributed by atoms with E-state index >= 15 is 0 Å². The number of rotatable bonds is 3. The molecule has 0 unspecified atom stereocenters. The largest absolute Gasteiger partial charge is 0.466 e. The third-order valence-electron chi connectivity index (χ3n) is 3.68. The molecule has 0 spiro atoms. The molecule has 0 saturated heterocycles. The maximum Gasteiger partial charge on any atom is 0.308 e. The van der Waals surface area contributed by atoms with Crippen LogP contribution in [-0.4, -0.2) is 12.6 Å². The Labute approximate surface area is 86.0 Å². The van der Waals surface area contributed by atoms with Gasteiger partial charge in [0.05, 0.1) is 12.5 Å². The summed E-state index contributed by atoms with van der Waals surface area (Å²) in [6.07, 6.45) is 7.53. The monoisotopic (exact) mass is 196 g/mol. The molecule has 0 heterocycles. The van der Waals surface area contributed by atoms with Gasteiger partial charge in [0, 0.05) is 0 Å². The molecule has 0 aliphatic heterocycles. The molecular formula is C12H20O2. The summed E-state index contributed by atoms with van der Waals surface area (Å²) < 4.78 is 5.05. The Kier molecular flexibility index (Phi) is 3.09. The highest BCUT2D eigenvalue weighted by Crippen LogP contribution is 2.45. The molecule has 0 aromatic carbocycles. The normalized spacial score (nSPS) is 32.6. The minimum Gasteiger partial charge on any atom is -0.466 e. The van der Waals surface area contributed by atoms with Crippen molar-refractivity contribution in [3.63, 3.8) is 0 Å². The molecule has 0 bridgehead atoms. The van der Waals surface area contributed by atoms with Gasteiger partial charge in [0.25, 0.3) is 0 Å². The first-order valence-electron chi connectivity index (χ1n) is 5.98. The van der Waals surface area contributed by atoms with E-state index in [0.717, 1.165) is 24.7 Å². The molecule has 80 valence electrons. The predicted octanol–water partition coefficient (Wildman–Crippen LogP) is 2.77. The van der Waals surface area contributed by atoms with Gasteiger partial charge in [0.15, 0.2) is 0 Å². The molecule has 2 heteroatoms. The topological polar surface area (TPSA) is 26.3 Å². The van der Waals surface area contributed by atoms with Gasteiger partial charge >= 0.3 is 5.97 Å². The van der Waals surface area contributed by atoms with E-state index in [0.29, 0.717) is 6.61 Å². The lowest BCUT2D eigenvalue weighted by Gasteiger charge is -2.26. The molecule has 2 fully saturated rings. The summed E-state index contributed by atoms with van der Waals surface area (Å²) in [5.41, 5.74) is 0. The zero-order valence-corrected chi connectivity index (χ0v) is 9.00. The number of carbonyl (C=O) groups is 1. The van der Waals surface area contributed by atoms with Crippen molar-refractivity contribution < 1.29 is 9.53 Å². The SMILES string of the molecule is CCOC(=O)[C@H]1CC[C@H](C2CC2)CC1. The van der Waals surface area contributed by atoms with Crippen LogP contribution < -0.4 is 0 Å². The lowest BCUT2D eigenvalue weighted by atomic mass is 9.80. The van der Waals surface area contributed by atoms with Gasteiger partial charge in [-0.2, -0.15) is 0 Å². The zero-order valence-electron chi connectivity index (χ0n) is 9.00. The molecule has 2 rings (SSSR count). The number of hydrogen-bond acceptors (Lipinski definition) is 2. The van der Waals surface area contributed by atoms with E-state index in [1.54, 1.807) is 0 Å². The van der Waals surface area contributed by atoms with E-state index in [2.05, 4.69) is 0 Å². The minimum absolute atomic E-state index is 0.0433. The van der Waals surface area contributed by atoms with Gasteiger partial charge in [-0.3, -0.25) is 4.79 Å². The molecule has 0 aromatic heterocycles. The molecule has 0 aromatic rings. The Balaban J connectivity index is 1.74. The van der Waals surface area contributed by atoms with Gasteiger partial charge in [-0.1, -0.05) is 0 Å². The maximum absolute atomic E-state index is 11.5. The van der Waals surface area contributed by atoms with Crippen LogP contribution in [0.1, 0.15) is 45.4 Å². The lowest BCUT2D eigenvalue weighted by molar-refractivity contribution is -0.149. The molecule has 2 aliphatic carbocycles. The van der Waals surface area contributed by atoms with Crippen LogP contribution in [0.4, 0.5) is 0 Å². The summed E-state index contributed by atoms with van der Waals surface area (Å²) in [6.45, 7) is 2.41. The van der Waals surface area contributed by atoms with Crippen molar-refractivity contribution in [1.82, 2.24) is 0 Å². The molecule has 0 atom stereocenters. The van der Waals surface area contributed by atoms with E-state index in [1.165, 1.54) is 25.7 Å². The summed E-state index contributed by atoms with van der Waals surface area (Å²) in [5, 5.41) is 0. The number of ether oxygens (including phenoxy) is 1. The fourth-order valence-electron chi connectivity index (χ4n) is 2.65. The second-order valence-corrected chi connectivity index (χ2v) is 4.70. The van der Waals surface area contributed by atoms with E-state index < -0.39 is 0 Å². The number of esters is 1. The quantitative estimate of drug-likeness (QED) is 0.649. The fourth-order valence-corrected chi connectivity index (χ4v) is 2.65. The average molecular weight is 196 g/mol. The predicted molar refractivity (Wildman–Crippen MR) is 54.8 cm³/mol. The van der Waals surface area contributed by atoms with E-state index in [-0.39, 0.29) is 11.9 Å². The fraction of sp³-hybridized carbons (Fsp3) is 0.917. The summed E-state index contributed by atoms with van der Waals surface area (Å²) in [6, 6.07) is 0. The summed E-state index contributed by atoms with van der Waals surface area (Å²) in [4.78, 5) is 11.5. The highest BCUT2D eigenvalue weighted by atomic mass is 16.5. The van der Waals surface area contributed by atoms with Crippen molar-refractivity contribution in [2.45, 2.75) is 45.4 Å². The van der Waals surface area contributed by atoms with Crippen LogP contribution in [0.15, 0.2) is 0 Å². The first kappa shape index (κ1) is 10.0. The summed E-state index contributed by atoms with van der Waals surface area (Å²) in [7, 11) is 0. The Morgan fingerprint density at radius 1 is 1.07 bits per heavy atom. The first-order valence-corrected chi connectivity index (χ1v) is 5.98. The van der Waals surface area contributed by atoms with Crippen molar-refractivity contribution in [3.8, 4) is 0 Å². The number of carbonyl (C=O) groups excluding carboxylic acids is 1. The Morgan fingerprint density at radius 3 is 2.00 bits per heavy atom. The van der Waals surface area contributed by atoms with Gasteiger partial charge in [0.1, 0.15) is 0 Å². The van der Waals surface area contributed by atoms with Gasteiger partial charge in [-0.15, -0.1) is 0 Å². The van der Waals surface area contributed by atoms with Gasteiger partial charge in [0.2, 0.25) is 0 Å². The van der Waals surface area contributed by atoms with Crippen molar-refractivity contribution in [2.75, 3.05) is 6.61 Å². The van der Waals surface area contributed by atoms with Crippen LogP contribution >= 0.6 is 0 Å². The summed E-state index contributed by atoms with van der Waals surface area (Å²) in [5.74, 6) is 2.20. The molecule has 2 aliphatic rings. The molecule has 14 heavy (non-hydrogen) atoms. The first-order chi connectivity index (χ1) is 6.81. The van der Waals surface area contributed by atoms with Crippen molar-refractivity contribution >= 4 is 5.97 Å². The van der Waals surface area contributed by atoms with Crippen LogP contribution in [0.5, 0.6) is 0 Å². The van der Waals surface area contributed by atoms with Crippen molar-refractivity contribution in [1.29, 1.82) is 0 Å². The average Bonchev–Trinajstić information content (AvgIpc) is 3.02. The standard InChI is InChI=1S/C12H20O2/c1-2-14-12(13)11-7-5-10(6-8-11)9-3-4-9/h9-11H,2-8H2,1H3/t10-,11-. The van der Waals surface area contributed by atoms with Crippen LogP contribution in [0.25, 0.3) is 0 Å². The second kappa shape index (κ2) is 4.33. The molecule has 0 N–H and O–H groups in total. The smallest absolute Gasteiger partial charge is 0.308 e. The third kappa shape index (κ3) is 2.28. The maximum atomic E-state index is 11.5.